The lowest BCUT2D eigenvalue weighted by Crippen LogP contribution is -2.26. The molecule has 1 heterocycles. The lowest BCUT2D eigenvalue weighted by Gasteiger charge is -2.18. The summed E-state index contributed by atoms with van der Waals surface area (Å²) in [5.41, 5.74) is 1.68. The summed E-state index contributed by atoms with van der Waals surface area (Å²) in [5.74, 6) is 0.537. The molecule has 1 aliphatic rings. The minimum atomic E-state index is -0.197. The zero-order valence-corrected chi connectivity index (χ0v) is 9.49. The smallest absolute Gasteiger partial charge is 0.262 e. The zero-order valence-electron chi connectivity index (χ0n) is 9.49. The molecule has 0 fully saturated rings. The van der Waals surface area contributed by atoms with Gasteiger partial charge in [-0.3, -0.25) is 10.1 Å². The van der Waals surface area contributed by atoms with Crippen LogP contribution in [0.4, 0.5) is 5.69 Å². The number of rotatable bonds is 3. The van der Waals surface area contributed by atoms with Gasteiger partial charge in [-0.1, -0.05) is 6.07 Å². The Labute approximate surface area is 99.4 Å². The largest absolute Gasteiger partial charge is 0.482 e. The van der Waals surface area contributed by atoms with E-state index in [-0.39, 0.29) is 18.6 Å². The molecule has 1 aromatic carbocycles. The first kappa shape index (κ1) is 11.4. The second kappa shape index (κ2) is 4.85. The van der Waals surface area contributed by atoms with Crippen LogP contribution in [0.15, 0.2) is 18.2 Å². The molecule has 0 aliphatic carbocycles. The van der Waals surface area contributed by atoms with Gasteiger partial charge in [0.05, 0.1) is 17.8 Å². The first-order valence-electron chi connectivity index (χ1n) is 5.37. The van der Waals surface area contributed by atoms with E-state index in [4.69, 9.17) is 10.00 Å². The molecule has 0 spiro atoms. The highest BCUT2D eigenvalue weighted by atomic mass is 16.5. The van der Waals surface area contributed by atoms with E-state index in [1.54, 1.807) is 6.92 Å². The summed E-state index contributed by atoms with van der Waals surface area (Å²) in [6.07, 6.45) is 0. The Kier molecular flexibility index (Phi) is 3.26. The monoisotopic (exact) mass is 231 g/mol. The average Bonchev–Trinajstić information content (AvgIpc) is 2.35. The van der Waals surface area contributed by atoms with Gasteiger partial charge in [0.1, 0.15) is 5.75 Å². The summed E-state index contributed by atoms with van der Waals surface area (Å²) in [6.45, 7) is 2.44. The summed E-state index contributed by atoms with van der Waals surface area (Å²) in [5, 5.41) is 14.4. The number of anilines is 1. The van der Waals surface area contributed by atoms with E-state index in [0.29, 0.717) is 18.0 Å². The molecule has 1 aromatic rings. The van der Waals surface area contributed by atoms with E-state index in [0.717, 1.165) is 5.56 Å². The molecule has 5 heteroatoms. The molecule has 2 N–H and O–H groups in total. The van der Waals surface area contributed by atoms with Gasteiger partial charge < -0.3 is 10.1 Å². The summed E-state index contributed by atoms with van der Waals surface area (Å²) >= 11 is 0. The lowest BCUT2D eigenvalue weighted by molar-refractivity contribution is -0.118. The molecule has 2 rings (SSSR count). The topological polar surface area (TPSA) is 74.2 Å². The third-order valence-electron chi connectivity index (χ3n) is 2.48. The normalized spacial score (nSPS) is 15.2. The van der Waals surface area contributed by atoms with Crippen LogP contribution in [0, 0.1) is 11.3 Å². The highest BCUT2D eigenvalue weighted by molar-refractivity contribution is 5.95. The number of benzene rings is 1. The molecule has 0 saturated carbocycles. The summed E-state index contributed by atoms with van der Waals surface area (Å²) in [7, 11) is 0. The second-order valence-electron chi connectivity index (χ2n) is 3.90. The lowest BCUT2D eigenvalue weighted by atomic mass is 10.1. The van der Waals surface area contributed by atoms with Gasteiger partial charge in [-0.2, -0.15) is 5.26 Å². The van der Waals surface area contributed by atoms with Gasteiger partial charge >= 0.3 is 0 Å². The van der Waals surface area contributed by atoms with E-state index in [2.05, 4.69) is 16.7 Å². The maximum absolute atomic E-state index is 11.2. The van der Waals surface area contributed by atoms with Gasteiger partial charge in [-0.25, -0.2) is 0 Å². The number of hydrogen-bond acceptors (Lipinski definition) is 4. The Balaban J connectivity index is 2.08. The molecular weight excluding hydrogens is 218 g/mol. The van der Waals surface area contributed by atoms with Gasteiger partial charge in [0.15, 0.2) is 6.61 Å². The van der Waals surface area contributed by atoms with Gasteiger partial charge in [-0.05, 0) is 24.6 Å². The van der Waals surface area contributed by atoms with Crippen molar-refractivity contribution in [2.75, 3.05) is 11.9 Å². The molecule has 0 aromatic heterocycles. The van der Waals surface area contributed by atoms with Crippen molar-refractivity contribution in [3.05, 3.63) is 23.8 Å². The number of nitriles is 1. The molecule has 88 valence electrons. The highest BCUT2D eigenvalue weighted by Gasteiger charge is 2.15. The Hall–Kier alpha value is -2.06. The van der Waals surface area contributed by atoms with E-state index in [9.17, 15) is 4.79 Å². The third-order valence-corrected chi connectivity index (χ3v) is 2.48. The Bertz CT molecular complexity index is 479. The number of nitrogens with zero attached hydrogens (tertiary/aromatic N) is 1. The standard InChI is InChI=1S/C12H13N3O2/c1-8(5-13)14-6-9-2-3-11-10(4-9)15-12(16)7-17-11/h2-4,8,14H,6-7H2,1H3,(H,15,16). The zero-order chi connectivity index (χ0) is 12.3. The molecule has 17 heavy (non-hydrogen) atoms. The second-order valence-corrected chi connectivity index (χ2v) is 3.90. The number of ether oxygens (including phenoxy) is 1. The minimum Gasteiger partial charge on any atom is -0.482 e. The van der Waals surface area contributed by atoms with Crippen LogP contribution >= 0.6 is 0 Å². The Morgan fingerprint density at radius 2 is 2.47 bits per heavy atom. The number of nitrogens with one attached hydrogen (secondary N) is 2. The average molecular weight is 231 g/mol. The molecule has 0 radical (unpaired) electrons. The molecule has 1 atom stereocenters. The van der Waals surface area contributed by atoms with Crippen molar-refractivity contribution in [1.82, 2.24) is 5.32 Å². The molecule has 1 unspecified atom stereocenters. The van der Waals surface area contributed by atoms with Crippen LogP contribution in [-0.4, -0.2) is 18.6 Å². The van der Waals surface area contributed by atoms with Crippen LogP contribution in [0.3, 0.4) is 0 Å². The van der Waals surface area contributed by atoms with Gasteiger partial charge in [0.25, 0.3) is 5.91 Å². The quantitative estimate of drug-likeness (QED) is 0.814. The van der Waals surface area contributed by atoms with Crippen molar-refractivity contribution in [2.45, 2.75) is 19.5 Å². The van der Waals surface area contributed by atoms with Crippen molar-refractivity contribution >= 4 is 11.6 Å². The van der Waals surface area contributed by atoms with E-state index >= 15 is 0 Å². The van der Waals surface area contributed by atoms with Crippen LogP contribution < -0.4 is 15.4 Å². The molecule has 0 bridgehead atoms. The Morgan fingerprint density at radius 1 is 1.65 bits per heavy atom. The number of carbonyl (C=O) groups excluding carboxylic acids is 1. The predicted octanol–water partition coefficient (Wildman–Crippen LogP) is 1.02. The fourth-order valence-corrected chi connectivity index (χ4v) is 1.56. The van der Waals surface area contributed by atoms with Crippen LogP contribution in [0.2, 0.25) is 0 Å². The van der Waals surface area contributed by atoms with Gasteiger partial charge in [-0.15, -0.1) is 0 Å². The highest BCUT2D eigenvalue weighted by Crippen LogP contribution is 2.28. The SMILES string of the molecule is CC(C#N)NCc1ccc2c(c1)NC(=O)CO2. The number of hydrogen-bond donors (Lipinski definition) is 2. The minimum absolute atomic E-state index is 0.0655. The maximum Gasteiger partial charge on any atom is 0.262 e. The van der Waals surface area contributed by atoms with Crippen LogP contribution in [0.5, 0.6) is 5.75 Å². The molecule has 5 nitrogen and oxygen atoms in total. The molecular formula is C12H13N3O2. The van der Waals surface area contributed by atoms with Crippen molar-refractivity contribution in [3.63, 3.8) is 0 Å². The molecule has 1 amide bonds. The van der Waals surface area contributed by atoms with Crippen molar-refractivity contribution < 1.29 is 9.53 Å². The number of fused-ring (bicyclic) bond motifs is 1. The summed E-state index contributed by atoms with van der Waals surface area (Å²) < 4.78 is 5.25. The van der Waals surface area contributed by atoms with E-state index < -0.39 is 0 Å². The predicted molar refractivity (Wildman–Crippen MR) is 62.5 cm³/mol. The van der Waals surface area contributed by atoms with Crippen molar-refractivity contribution in [2.24, 2.45) is 0 Å². The maximum atomic E-state index is 11.2. The van der Waals surface area contributed by atoms with Crippen molar-refractivity contribution in [1.29, 1.82) is 5.26 Å². The van der Waals surface area contributed by atoms with Crippen LogP contribution in [0.1, 0.15) is 12.5 Å². The third kappa shape index (κ3) is 2.74. The van der Waals surface area contributed by atoms with Crippen LogP contribution in [-0.2, 0) is 11.3 Å². The number of amides is 1. The molecule has 0 saturated heterocycles. The van der Waals surface area contributed by atoms with Crippen molar-refractivity contribution in [3.8, 4) is 11.8 Å². The first-order chi connectivity index (χ1) is 8.19. The number of carbonyl (C=O) groups is 1. The fraction of sp³-hybridized carbons (Fsp3) is 0.333. The van der Waals surface area contributed by atoms with Gasteiger partial charge in [0, 0.05) is 6.54 Å². The first-order valence-corrected chi connectivity index (χ1v) is 5.37. The van der Waals surface area contributed by atoms with E-state index in [1.165, 1.54) is 0 Å². The van der Waals surface area contributed by atoms with Crippen LogP contribution in [0.25, 0.3) is 0 Å². The molecule has 1 aliphatic heterocycles. The summed E-state index contributed by atoms with van der Waals surface area (Å²) in [4.78, 5) is 11.2. The fourth-order valence-electron chi connectivity index (χ4n) is 1.56. The Morgan fingerprint density at radius 3 is 3.24 bits per heavy atom. The van der Waals surface area contributed by atoms with E-state index in [1.807, 2.05) is 18.2 Å². The van der Waals surface area contributed by atoms with Gasteiger partial charge in [0.2, 0.25) is 0 Å². The summed E-state index contributed by atoms with van der Waals surface area (Å²) in [6, 6.07) is 7.48.